The molecule has 0 bridgehead atoms. The van der Waals surface area contributed by atoms with Gasteiger partial charge in [0.25, 0.3) is 5.91 Å². The average molecular weight is 442 g/mol. The molecule has 0 atom stereocenters. The van der Waals surface area contributed by atoms with E-state index >= 15 is 0 Å². The van der Waals surface area contributed by atoms with Crippen molar-refractivity contribution in [2.45, 2.75) is 13.3 Å². The molecule has 31 heavy (non-hydrogen) atoms. The van der Waals surface area contributed by atoms with E-state index in [-0.39, 0.29) is 11.7 Å². The number of thiocarbonyl (C=S) groups is 1. The summed E-state index contributed by atoms with van der Waals surface area (Å²) in [5, 5.41) is 2.34. The van der Waals surface area contributed by atoms with E-state index in [0.717, 1.165) is 12.0 Å². The molecule has 2 aromatic rings. The Hall–Kier alpha value is -3.72. The summed E-state index contributed by atoms with van der Waals surface area (Å²) >= 11 is 4.95. The number of hydrogen-bond acceptors (Lipinski definition) is 6. The lowest BCUT2D eigenvalue weighted by Gasteiger charge is -2.11. The Labute approximate surface area is 185 Å². The number of carbonyl (C=O) groups is 3. The second kappa shape index (κ2) is 12.8. The fourth-order valence-corrected chi connectivity index (χ4v) is 2.35. The van der Waals surface area contributed by atoms with Gasteiger partial charge < -0.3 is 9.47 Å². The molecule has 0 saturated carbocycles. The van der Waals surface area contributed by atoms with E-state index in [2.05, 4.69) is 16.2 Å². The first-order valence-electron chi connectivity index (χ1n) is 9.51. The van der Waals surface area contributed by atoms with E-state index in [4.69, 9.17) is 21.7 Å². The van der Waals surface area contributed by atoms with Crippen LogP contribution in [-0.4, -0.2) is 36.1 Å². The number of ether oxygens (including phenoxy) is 2. The standard InChI is InChI=1S/C22H23N3O5S/c1-2-14-29-21(28)17-9-11-18(12-10-17)30-15-20(27)24-25-22(31)23-19(26)13-8-16-6-4-3-5-7-16/h3-13H,2,14-15H2,1H3,(H,24,27)(H2,23,25,26,31)/b13-8+. The van der Waals surface area contributed by atoms with Gasteiger partial charge in [0, 0.05) is 6.08 Å². The first-order chi connectivity index (χ1) is 15.0. The zero-order valence-corrected chi connectivity index (χ0v) is 17.7. The van der Waals surface area contributed by atoms with Crippen LogP contribution in [0.2, 0.25) is 0 Å². The summed E-state index contributed by atoms with van der Waals surface area (Å²) in [5.41, 5.74) is 6.00. The molecule has 0 unspecified atom stereocenters. The molecule has 8 nitrogen and oxygen atoms in total. The summed E-state index contributed by atoms with van der Waals surface area (Å²) in [6.45, 7) is 1.97. The fourth-order valence-electron chi connectivity index (χ4n) is 2.20. The number of hydrogen-bond donors (Lipinski definition) is 3. The van der Waals surface area contributed by atoms with Crippen LogP contribution in [0.25, 0.3) is 6.08 Å². The topological polar surface area (TPSA) is 106 Å². The molecule has 2 amide bonds. The van der Waals surface area contributed by atoms with Crippen LogP contribution < -0.4 is 20.9 Å². The second-order valence-corrected chi connectivity index (χ2v) is 6.59. The van der Waals surface area contributed by atoms with Crippen molar-refractivity contribution in [2.75, 3.05) is 13.2 Å². The second-order valence-electron chi connectivity index (χ2n) is 6.18. The first-order valence-corrected chi connectivity index (χ1v) is 9.91. The molecular weight excluding hydrogens is 418 g/mol. The minimum atomic E-state index is -0.511. The van der Waals surface area contributed by atoms with Gasteiger partial charge in [0.15, 0.2) is 11.7 Å². The van der Waals surface area contributed by atoms with E-state index in [1.54, 1.807) is 30.3 Å². The van der Waals surface area contributed by atoms with E-state index in [9.17, 15) is 14.4 Å². The van der Waals surface area contributed by atoms with E-state index in [1.807, 2.05) is 37.3 Å². The fraction of sp³-hybridized carbons (Fsp3) is 0.182. The van der Waals surface area contributed by atoms with Gasteiger partial charge in [-0.2, -0.15) is 0 Å². The Bertz CT molecular complexity index is 930. The Balaban J connectivity index is 1.68. The highest BCUT2D eigenvalue weighted by molar-refractivity contribution is 7.80. The van der Waals surface area contributed by atoms with Gasteiger partial charge >= 0.3 is 5.97 Å². The quantitative estimate of drug-likeness (QED) is 0.250. The molecule has 3 N–H and O–H groups in total. The Morgan fingerprint density at radius 1 is 1.00 bits per heavy atom. The molecule has 0 aromatic heterocycles. The maximum atomic E-state index is 11.9. The summed E-state index contributed by atoms with van der Waals surface area (Å²) in [6.07, 6.45) is 3.71. The smallest absolute Gasteiger partial charge is 0.338 e. The lowest BCUT2D eigenvalue weighted by Crippen LogP contribution is -2.49. The van der Waals surface area contributed by atoms with Crippen LogP contribution in [0.15, 0.2) is 60.7 Å². The van der Waals surface area contributed by atoms with Gasteiger partial charge in [-0.25, -0.2) is 4.79 Å². The van der Waals surface area contributed by atoms with Crippen LogP contribution in [0, 0.1) is 0 Å². The van der Waals surface area contributed by atoms with Gasteiger partial charge in [0.2, 0.25) is 5.91 Å². The predicted molar refractivity (Wildman–Crippen MR) is 120 cm³/mol. The Morgan fingerprint density at radius 3 is 2.39 bits per heavy atom. The van der Waals surface area contributed by atoms with Crippen LogP contribution in [0.1, 0.15) is 29.3 Å². The third-order valence-electron chi connectivity index (χ3n) is 3.68. The van der Waals surface area contributed by atoms with Crippen LogP contribution in [0.3, 0.4) is 0 Å². The van der Waals surface area contributed by atoms with Gasteiger partial charge in [0.05, 0.1) is 12.2 Å². The third kappa shape index (κ3) is 9.09. The number of amides is 2. The third-order valence-corrected chi connectivity index (χ3v) is 3.88. The number of esters is 1. The molecule has 2 rings (SSSR count). The monoisotopic (exact) mass is 441 g/mol. The largest absolute Gasteiger partial charge is 0.484 e. The number of rotatable bonds is 8. The van der Waals surface area contributed by atoms with Crippen molar-refractivity contribution in [1.82, 2.24) is 16.2 Å². The highest BCUT2D eigenvalue weighted by Crippen LogP contribution is 2.13. The Kier molecular flexibility index (Phi) is 9.70. The van der Waals surface area contributed by atoms with E-state index < -0.39 is 17.8 Å². The summed E-state index contributed by atoms with van der Waals surface area (Å²) in [5.74, 6) is -0.958. The zero-order valence-electron chi connectivity index (χ0n) is 16.9. The van der Waals surface area contributed by atoms with E-state index in [1.165, 1.54) is 6.08 Å². The summed E-state index contributed by atoms with van der Waals surface area (Å²) < 4.78 is 10.4. The molecule has 2 aromatic carbocycles. The minimum Gasteiger partial charge on any atom is -0.484 e. The van der Waals surface area contributed by atoms with Gasteiger partial charge in [-0.3, -0.25) is 25.8 Å². The molecule has 0 aliphatic rings. The molecule has 162 valence electrons. The highest BCUT2D eigenvalue weighted by atomic mass is 32.1. The number of nitrogens with one attached hydrogen (secondary N) is 3. The SMILES string of the molecule is CCCOC(=O)c1ccc(OCC(=O)NNC(=S)NC(=O)/C=C/c2ccccc2)cc1. The maximum absolute atomic E-state index is 11.9. The van der Waals surface area contributed by atoms with Gasteiger partial charge in [-0.15, -0.1) is 0 Å². The van der Waals surface area contributed by atoms with Gasteiger partial charge in [0.1, 0.15) is 5.75 Å². The number of benzene rings is 2. The van der Waals surface area contributed by atoms with Gasteiger partial charge in [-0.05, 0) is 54.5 Å². The van der Waals surface area contributed by atoms with Crippen LogP contribution in [0.4, 0.5) is 0 Å². The van der Waals surface area contributed by atoms with Crippen LogP contribution in [-0.2, 0) is 14.3 Å². The molecule has 0 aliphatic carbocycles. The maximum Gasteiger partial charge on any atom is 0.338 e. The summed E-state index contributed by atoms with van der Waals surface area (Å²) in [4.78, 5) is 35.4. The normalized spacial score (nSPS) is 10.2. The van der Waals surface area contributed by atoms with E-state index in [0.29, 0.717) is 17.9 Å². The molecular formula is C22H23N3O5S. The molecule has 0 radical (unpaired) electrons. The first kappa shape index (κ1) is 23.6. The van der Waals surface area contributed by atoms with Crippen LogP contribution >= 0.6 is 12.2 Å². The van der Waals surface area contributed by atoms with Crippen molar-refractivity contribution < 1.29 is 23.9 Å². The molecule has 0 fully saturated rings. The molecule has 0 spiro atoms. The lowest BCUT2D eigenvalue weighted by atomic mass is 10.2. The van der Waals surface area contributed by atoms with Crippen molar-refractivity contribution in [1.29, 1.82) is 0 Å². The predicted octanol–water partition coefficient (Wildman–Crippen LogP) is 2.37. The Morgan fingerprint density at radius 2 is 1.71 bits per heavy atom. The molecule has 0 saturated heterocycles. The zero-order chi connectivity index (χ0) is 22.5. The highest BCUT2D eigenvalue weighted by Gasteiger charge is 2.08. The van der Waals surface area contributed by atoms with Crippen molar-refractivity contribution in [2.24, 2.45) is 0 Å². The summed E-state index contributed by atoms with van der Waals surface area (Å²) in [7, 11) is 0. The van der Waals surface area contributed by atoms with Gasteiger partial charge in [-0.1, -0.05) is 37.3 Å². The van der Waals surface area contributed by atoms with Crippen molar-refractivity contribution >= 4 is 41.2 Å². The van der Waals surface area contributed by atoms with Crippen molar-refractivity contribution in [3.63, 3.8) is 0 Å². The average Bonchev–Trinajstić information content (AvgIpc) is 2.79. The number of hydrazine groups is 1. The summed E-state index contributed by atoms with van der Waals surface area (Å²) in [6, 6.07) is 15.5. The van der Waals surface area contributed by atoms with Crippen molar-refractivity contribution in [3.05, 3.63) is 71.8 Å². The molecule has 0 aliphatic heterocycles. The number of carbonyl (C=O) groups excluding carboxylic acids is 3. The van der Waals surface area contributed by atoms with Crippen LogP contribution in [0.5, 0.6) is 5.75 Å². The molecule has 0 heterocycles. The minimum absolute atomic E-state index is 0.0639. The molecule has 9 heteroatoms. The lowest BCUT2D eigenvalue weighted by molar-refractivity contribution is -0.123. The van der Waals surface area contributed by atoms with Crippen molar-refractivity contribution in [3.8, 4) is 5.75 Å².